The van der Waals surface area contributed by atoms with Crippen LogP contribution in [0.25, 0.3) is 11.5 Å². The lowest BCUT2D eigenvalue weighted by atomic mass is 9.91. The van der Waals surface area contributed by atoms with E-state index in [9.17, 15) is 22.0 Å². The largest absolute Gasteiger partial charge is 0.390 e. The lowest BCUT2D eigenvalue weighted by Gasteiger charge is -2.23. The summed E-state index contributed by atoms with van der Waals surface area (Å²) < 4.78 is 68.4. The maximum absolute atomic E-state index is 14.1. The van der Waals surface area contributed by atoms with Gasteiger partial charge in [-0.3, -0.25) is 8.97 Å². The van der Waals surface area contributed by atoms with Crippen LogP contribution in [0.4, 0.5) is 22.0 Å². The summed E-state index contributed by atoms with van der Waals surface area (Å²) in [7, 11) is 0. The van der Waals surface area contributed by atoms with E-state index in [0.29, 0.717) is 10.9 Å². The number of aryl methyl sites for hydroxylation is 3. The van der Waals surface area contributed by atoms with Crippen LogP contribution in [-0.4, -0.2) is 39.6 Å². The van der Waals surface area contributed by atoms with E-state index < -0.39 is 30.9 Å². The minimum absolute atomic E-state index is 0.0168. The van der Waals surface area contributed by atoms with Gasteiger partial charge in [0.05, 0.1) is 29.9 Å². The van der Waals surface area contributed by atoms with E-state index in [2.05, 4.69) is 10.3 Å². The summed E-state index contributed by atoms with van der Waals surface area (Å²) in [6, 6.07) is 4.02. The second kappa shape index (κ2) is 9.39. The second-order valence-electron chi connectivity index (χ2n) is 8.29. The molecule has 1 N–H and O–H groups in total. The minimum atomic E-state index is -4.29. The molecule has 0 saturated carbocycles. The van der Waals surface area contributed by atoms with Crippen LogP contribution in [0.3, 0.4) is 0 Å². The molecule has 32 heavy (non-hydrogen) atoms. The highest BCUT2D eigenvalue weighted by atomic mass is 35.5. The lowest BCUT2D eigenvalue weighted by Crippen LogP contribution is -2.31. The summed E-state index contributed by atoms with van der Waals surface area (Å²) in [6.45, 7) is 7.17. The summed E-state index contributed by atoms with van der Waals surface area (Å²) >= 11 is 6.50. The first kappa shape index (κ1) is 24.5. The zero-order chi connectivity index (χ0) is 23.8. The number of hydrogen-bond donors (Lipinski definition) is 1. The fraction of sp³-hybridized carbons (Fsp3) is 0.500. The van der Waals surface area contributed by atoms with Crippen molar-refractivity contribution in [1.82, 2.24) is 19.3 Å². The molecule has 0 aliphatic heterocycles. The Morgan fingerprint density at radius 3 is 2.31 bits per heavy atom. The number of hydrogen-bond acceptors (Lipinski definition) is 2. The normalized spacial score (nSPS) is 14.5. The third-order valence-corrected chi connectivity index (χ3v) is 5.86. The number of fused-ring (bicyclic) bond motifs is 1. The van der Waals surface area contributed by atoms with Crippen molar-refractivity contribution < 1.29 is 22.0 Å². The number of nitrogens with zero attached hydrogens (tertiary/aromatic N) is 3. The number of halogens is 6. The molecule has 1 aromatic carbocycles. The third-order valence-electron chi connectivity index (χ3n) is 5.59. The van der Waals surface area contributed by atoms with Crippen molar-refractivity contribution in [2.45, 2.75) is 52.6 Å². The van der Waals surface area contributed by atoms with E-state index in [0.717, 1.165) is 22.4 Å². The first-order valence-corrected chi connectivity index (χ1v) is 10.7. The van der Waals surface area contributed by atoms with Gasteiger partial charge in [-0.05, 0) is 44.4 Å². The van der Waals surface area contributed by atoms with Crippen LogP contribution in [0, 0.1) is 26.7 Å². The molecule has 0 bridgehead atoms. The van der Waals surface area contributed by atoms with Gasteiger partial charge in [-0.2, -0.15) is 13.2 Å². The number of alkyl halides is 5. The molecule has 0 spiro atoms. The topological polar surface area (TPSA) is 34.3 Å². The van der Waals surface area contributed by atoms with Crippen molar-refractivity contribution in [2.24, 2.45) is 5.92 Å². The van der Waals surface area contributed by atoms with Gasteiger partial charge in [0.25, 0.3) is 0 Å². The molecule has 10 heteroatoms. The second-order valence-corrected chi connectivity index (χ2v) is 8.68. The van der Waals surface area contributed by atoms with E-state index in [1.54, 1.807) is 22.1 Å². The molecule has 176 valence electrons. The van der Waals surface area contributed by atoms with E-state index in [4.69, 9.17) is 11.6 Å². The highest BCUT2D eigenvalue weighted by Crippen LogP contribution is 2.34. The molecular weight excluding hydrogens is 451 g/mol. The molecule has 2 unspecified atom stereocenters. The first-order chi connectivity index (χ1) is 14.9. The molecule has 2 aromatic heterocycles. The molecule has 0 radical (unpaired) electrons. The highest BCUT2D eigenvalue weighted by Gasteiger charge is 2.33. The quantitative estimate of drug-likeness (QED) is 0.309. The molecule has 0 amide bonds. The molecule has 0 aliphatic carbocycles. The average molecular weight is 477 g/mol. The van der Waals surface area contributed by atoms with Crippen molar-refractivity contribution in [3.05, 3.63) is 52.1 Å². The van der Waals surface area contributed by atoms with Crippen LogP contribution >= 0.6 is 11.6 Å². The van der Waals surface area contributed by atoms with Crippen LogP contribution in [0.2, 0.25) is 5.15 Å². The summed E-state index contributed by atoms with van der Waals surface area (Å²) in [5.74, 6) is -1.45. The van der Waals surface area contributed by atoms with E-state index >= 15 is 0 Å². The Bertz CT molecular complexity index is 1060. The summed E-state index contributed by atoms with van der Waals surface area (Å²) in [4.78, 5) is 4.37. The molecular formula is C22H26ClF5N4. The molecule has 3 rings (SSSR count). The zero-order valence-electron chi connectivity index (χ0n) is 18.3. The number of benzene rings is 1. The molecule has 2 heterocycles. The van der Waals surface area contributed by atoms with Crippen LogP contribution in [-0.2, 0) is 0 Å². The SMILES string of the molecule is Cc1cc(C)c(-n2c(Cl)cn3c(C(C(F)F)C(C)CNCCC(F)(F)F)cnc23)c(C)c1. The van der Waals surface area contributed by atoms with Gasteiger partial charge >= 0.3 is 6.18 Å². The summed E-state index contributed by atoms with van der Waals surface area (Å²) in [5, 5.41) is 2.96. The molecule has 0 fully saturated rings. The Balaban J connectivity index is 1.94. The van der Waals surface area contributed by atoms with Gasteiger partial charge in [0, 0.05) is 12.7 Å². The molecule has 4 nitrogen and oxygen atoms in total. The van der Waals surface area contributed by atoms with Gasteiger partial charge in [0.2, 0.25) is 12.2 Å². The van der Waals surface area contributed by atoms with Gasteiger partial charge in [-0.25, -0.2) is 13.8 Å². The van der Waals surface area contributed by atoms with Gasteiger partial charge < -0.3 is 5.32 Å². The average Bonchev–Trinajstić information content (AvgIpc) is 3.17. The van der Waals surface area contributed by atoms with Crippen molar-refractivity contribution in [3.63, 3.8) is 0 Å². The maximum atomic E-state index is 14.1. The number of nitrogens with one attached hydrogen (secondary N) is 1. The Kier molecular flexibility index (Phi) is 7.19. The third kappa shape index (κ3) is 5.09. The number of rotatable bonds is 8. The van der Waals surface area contributed by atoms with Crippen molar-refractivity contribution in [3.8, 4) is 5.69 Å². The maximum Gasteiger partial charge on any atom is 0.390 e. The molecule has 0 saturated heterocycles. The summed E-state index contributed by atoms with van der Waals surface area (Å²) in [6.07, 6.45) is -5.08. The Morgan fingerprint density at radius 2 is 1.75 bits per heavy atom. The molecule has 3 aromatic rings. The Hall–Kier alpha value is -2.13. The van der Waals surface area contributed by atoms with E-state index in [-0.39, 0.29) is 18.8 Å². The predicted molar refractivity (Wildman–Crippen MR) is 115 cm³/mol. The highest BCUT2D eigenvalue weighted by molar-refractivity contribution is 6.30. The smallest absolute Gasteiger partial charge is 0.316 e. The van der Waals surface area contributed by atoms with Crippen molar-refractivity contribution in [1.29, 1.82) is 0 Å². The standard InChI is InChI=1S/C22H26ClF5N4/c1-12-7-13(2)19(14(3)8-12)32-17(23)11-31-16(10-30-21(31)32)18(20(24)25)15(4)9-29-6-5-22(26,27)28/h7-8,10-11,15,18,20,29H,5-6,9H2,1-4H3. The molecule has 0 aliphatic rings. The van der Waals surface area contributed by atoms with Crippen LogP contribution in [0.15, 0.2) is 24.5 Å². The summed E-state index contributed by atoms with van der Waals surface area (Å²) in [5.41, 5.74) is 4.14. The van der Waals surface area contributed by atoms with E-state index in [1.807, 2.05) is 32.9 Å². The Labute approximate surface area is 188 Å². The molecule has 2 atom stereocenters. The number of aromatic nitrogens is 3. The van der Waals surface area contributed by atoms with Crippen LogP contribution in [0.1, 0.15) is 41.6 Å². The monoisotopic (exact) mass is 476 g/mol. The van der Waals surface area contributed by atoms with E-state index in [1.165, 1.54) is 6.20 Å². The minimum Gasteiger partial charge on any atom is -0.316 e. The van der Waals surface area contributed by atoms with Gasteiger partial charge in [0.1, 0.15) is 5.15 Å². The predicted octanol–water partition coefficient (Wildman–Crippen LogP) is 6.23. The van der Waals surface area contributed by atoms with Crippen molar-refractivity contribution >= 4 is 17.4 Å². The van der Waals surface area contributed by atoms with Gasteiger partial charge in [-0.1, -0.05) is 36.2 Å². The van der Waals surface area contributed by atoms with Crippen LogP contribution < -0.4 is 5.32 Å². The Morgan fingerprint density at radius 1 is 1.12 bits per heavy atom. The fourth-order valence-electron chi connectivity index (χ4n) is 4.26. The van der Waals surface area contributed by atoms with Crippen LogP contribution in [0.5, 0.6) is 0 Å². The first-order valence-electron chi connectivity index (χ1n) is 10.3. The fourth-order valence-corrected chi connectivity index (χ4v) is 4.51. The lowest BCUT2D eigenvalue weighted by molar-refractivity contribution is -0.133. The van der Waals surface area contributed by atoms with Gasteiger partial charge in [0.15, 0.2) is 0 Å². The number of imidazole rings is 2. The van der Waals surface area contributed by atoms with Crippen molar-refractivity contribution in [2.75, 3.05) is 13.1 Å². The van der Waals surface area contributed by atoms with Gasteiger partial charge in [-0.15, -0.1) is 0 Å². The zero-order valence-corrected chi connectivity index (χ0v) is 19.0.